The van der Waals surface area contributed by atoms with E-state index in [9.17, 15) is 0 Å². The summed E-state index contributed by atoms with van der Waals surface area (Å²) in [4.78, 5) is 4.44. The number of nitrogens with zero attached hydrogens (tertiary/aromatic N) is 1. The quantitative estimate of drug-likeness (QED) is 0.815. The normalized spacial score (nSPS) is 23.4. The van der Waals surface area contributed by atoms with Gasteiger partial charge in [0.2, 0.25) is 0 Å². The van der Waals surface area contributed by atoms with Gasteiger partial charge in [0, 0.05) is 24.4 Å². The van der Waals surface area contributed by atoms with Gasteiger partial charge < -0.3 is 5.32 Å². The molecule has 2 rings (SSSR count). The van der Waals surface area contributed by atoms with E-state index in [1.165, 1.54) is 18.5 Å². The zero-order valence-electron chi connectivity index (χ0n) is 11.2. The van der Waals surface area contributed by atoms with Crippen LogP contribution in [0.25, 0.3) is 0 Å². The molecule has 1 aromatic rings. The molecule has 0 saturated heterocycles. The van der Waals surface area contributed by atoms with Crippen LogP contribution in [0.2, 0.25) is 0 Å². The summed E-state index contributed by atoms with van der Waals surface area (Å²) in [6.45, 7) is 8.08. The van der Waals surface area contributed by atoms with Crippen molar-refractivity contribution in [3.63, 3.8) is 0 Å². The standard InChI is InChI=1S/C15H24N2/c1-4-8-17-14(13-11-15(13,2)3)10-12-7-5-6-9-16-12/h5-7,9,13-14,17H,4,8,10-11H2,1-3H3. The van der Waals surface area contributed by atoms with Gasteiger partial charge in [0.1, 0.15) is 0 Å². The Morgan fingerprint density at radius 1 is 1.47 bits per heavy atom. The minimum absolute atomic E-state index is 0.528. The van der Waals surface area contributed by atoms with Gasteiger partial charge in [-0.25, -0.2) is 0 Å². The maximum atomic E-state index is 4.44. The summed E-state index contributed by atoms with van der Waals surface area (Å²) < 4.78 is 0. The van der Waals surface area contributed by atoms with Gasteiger partial charge in [-0.2, -0.15) is 0 Å². The maximum Gasteiger partial charge on any atom is 0.0419 e. The second kappa shape index (κ2) is 5.18. The van der Waals surface area contributed by atoms with Crippen LogP contribution in [0.1, 0.15) is 39.3 Å². The highest BCUT2D eigenvalue weighted by Gasteiger charge is 2.49. The zero-order valence-corrected chi connectivity index (χ0v) is 11.2. The molecule has 0 aliphatic heterocycles. The van der Waals surface area contributed by atoms with Gasteiger partial charge in [-0.05, 0) is 42.9 Å². The van der Waals surface area contributed by atoms with E-state index in [4.69, 9.17) is 0 Å². The van der Waals surface area contributed by atoms with Crippen LogP contribution >= 0.6 is 0 Å². The van der Waals surface area contributed by atoms with E-state index in [1.54, 1.807) is 0 Å². The Balaban J connectivity index is 1.97. The molecular formula is C15H24N2. The van der Waals surface area contributed by atoms with Gasteiger partial charge in [0.15, 0.2) is 0 Å². The van der Waals surface area contributed by atoms with Crippen molar-refractivity contribution in [2.45, 2.75) is 46.1 Å². The summed E-state index contributed by atoms with van der Waals surface area (Å²) in [6, 6.07) is 6.80. The fraction of sp³-hybridized carbons (Fsp3) is 0.667. The van der Waals surface area contributed by atoms with Crippen LogP contribution in [0.4, 0.5) is 0 Å². The van der Waals surface area contributed by atoms with Gasteiger partial charge >= 0.3 is 0 Å². The number of hydrogen-bond donors (Lipinski definition) is 1. The fourth-order valence-electron chi connectivity index (χ4n) is 2.63. The molecule has 2 atom stereocenters. The van der Waals surface area contributed by atoms with Crippen LogP contribution in [0.5, 0.6) is 0 Å². The van der Waals surface area contributed by atoms with Gasteiger partial charge in [0.05, 0.1) is 0 Å². The van der Waals surface area contributed by atoms with Crippen LogP contribution in [0.3, 0.4) is 0 Å². The number of rotatable bonds is 6. The molecule has 94 valence electrons. The summed E-state index contributed by atoms with van der Waals surface area (Å²) in [7, 11) is 0. The van der Waals surface area contributed by atoms with Crippen molar-refractivity contribution in [1.29, 1.82) is 0 Å². The lowest BCUT2D eigenvalue weighted by molar-refractivity contribution is 0.400. The van der Waals surface area contributed by atoms with Crippen molar-refractivity contribution in [3.8, 4) is 0 Å². The molecule has 1 fully saturated rings. The van der Waals surface area contributed by atoms with Gasteiger partial charge in [0.25, 0.3) is 0 Å². The Labute approximate surface area is 105 Å². The van der Waals surface area contributed by atoms with Crippen LogP contribution in [-0.4, -0.2) is 17.6 Å². The molecule has 17 heavy (non-hydrogen) atoms. The molecule has 0 spiro atoms. The average molecular weight is 232 g/mol. The fourth-order valence-corrected chi connectivity index (χ4v) is 2.63. The van der Waals surface area contributed by atoms with E-state index in [0.717, 1.165) is 18.9 Å². The van der Waals surface area contributed by atoms with E-state index in [2.05, 4.69) is 43.2 Å². The number of hydrogen-bond acceptors (Lipinski definition) is 2. The molecular weight excluding hydrogens is 208 g/mol. The molecule has 1 aliphatic rings. The first-order chi connectivity index (χ1) is 8.13. The summed E-state index contributed by atoms with van der Waals surface area (Å²) in [5.41, 5.74) is 1.74. The third-order valence-electron chi connectivity index (χ3n) is 3.89. The van der Waals surface area contributed by atoms with Gasteiger partial charge in [-0.15, -0.1) is 0 Å². The minimum atomic E-state index is 0.528. The SMILES string of the molecule is CCCNC(Cc1ccccn1)C1CC1(C)C. The second-order valence-corrected chi connectivity index (χ2v) is 5.89. The van der Waals surface area contributed by atoms with Crippen molar-refractivity contribution in [2.24, 2.45) is 11.3 Å². The third kappa shape index (κ3) is 3.29. The Morgan fingerprint density at radius 2 is 2.24 bits per heavy atom. The molecule has 0 radical (unpaired) electrons. The van der Waals surface area contributed by atoms with Crippen molar-refractivity contribution in [1.82, 2.24) is 10.3 Å². The Morgan fingerprint density at radius 3 is 2.76 bits per heavy atom. The summed E-state index contributed by atoms with van der Waals surface area (Å²) in [5.74, 6) is 0.816. The molecule has 0 aromatic carbocycles. The van der Waals surface area contributed by atoms with Crippen molar-refractivity contribution < 1.29 is 0 Å². The third-order valence-corrected chi connectivity index (χ3v) is 3.89. The van der Waals surface area contributed by atoms with E-state index in [-0.39, 0.29) is 0 Å². The number of nitrogens with one attached hydrogen (secondary N) is 1. The largest absolute Gasteiger partial charge is 0.313 e. The molecule has 1 aliphatic carbocycles. The predicted octanol–water partition coefficient (Wildman–Crippen LogP) is 3.04. The van der Waals surface area contributed by atoms with Crippen molar-refractivity contribution in [2.75, 3.05) is 6.54 Å². The molecule has 1 saturated carbocycles. The Kier molecular flexibility index (Phi) is 3.82. The average Bonchev–Trinajstić information content (AvgIpc) is 2.95. The Hall–Kier alpha value is -0.890. The number of pyridine rings is 1. The summed E-state index contributed by atoms with van der Waals surface area (Å²) >= 11 is 0. The summed E-state index contributed by atoms with van der Waals surface area (Å²) in [6.07, 6.45) is 5.51. The molecule has 1 N–H and O–H groups in total. The monoisotopic (exact) mass is 232 g/mol. The molecule has 0 amide bonds. The first-order valence-electron chi connectivity index (χ1n) is 6.77. The van der Waals surface area contributed by atoms with Crippen molar-refractivity contribution in [3.05, 3.63) is 30.1 Å². The molecule has 2 nitrogen and oxygen atoms in total. The van der Waals surface area contributed by atoms with E-state index >= 15 is 0 Å². The molecule has 0 bridgehead atoms. The molecule has 1 heterocycles. The van der Waals surface area contributed by atoms with Crippen LogP contribution < -0.4 is 5.32 Å². The molecule has 2 heteroatoms. The molecule has 1 aromatic heterocycles. The minimum Gasteiger partial charge on any atom is -0.313 e. The van der Waals surface area contributed by atoms with Crippen LogP contribution in [0.15, 0.2) is 24.4 Å². The lowest BCUT2D eigenvalue weighted by atomic mass is 9.99. The number of aromatic nitrogens is 1. The zero-order chi connectivity index (χ0) is 12.3. The highest BCUT2D eigenvalue weighted by molar-refractivity contribution is 5.10. The second-order valence-electron chi connectivity index (χ2n) is 5.89. The van der Waals surface area contributed by atoms with Gasteiger partial charge in [-0.3, -0.25) is 4.98 Å². The smallest absolute Gasteiger partial charge is 0.0419 e. The highest BCUT2D eigenvalue weighted by Crippen LogP contribution is 2.53. The summed E-state index contributed by atoms with van der Waals surface area (Å²) in [5, 5.41) is 3.70. The molecule has 2 unspecified atom stereocenters. The van der Waals surface area contributed by atoms with Crippen LogP contribution in [0, 0.1) is 11.3 Å². The predicted molar refractivity (Wildman–Crippen MR) is 71.9 cm³/mol. The maximum absolute atomic E-state index is 4.44. The van der Waals surface area contributed by atoms with Crippen LogP contribution in [-0.2, 0) is 6.42 Å². The lowest BCUT2D eigenvalue weighted by Crippen LogP contribution is -2.35. The highest BCUT2D eigenvalue weighted by atomic mass is 14.9. The first-order valence-corrected chi connectivity index (χ1v) is 6.77. The van der Waals surface area contributed by atoms with Crippen molar-refractivity contribution >= 4 is 0 Å². The van der Waals surface area contributed by atoms with E-state index in [0.29, 0.717) is 11.5 Å². The first kappa shape index (κ1) is 12.6. The van der Waals surface area contributed by atoms with Gasteiger partial charge in [-0.1, -0.05) is 26.8 Å². The topological polar surface area (TPSA) is 24.9 Å². The van der Waals surface area contributed by atoms with E-state index < -0.39 is 0 Å². The lowest BCUT2D eigenvalue weighted by Gasteiger charge is -2.20. The van der Waals surface area contributed by atoms with E-state index in [1.807, 2.05) is 12.3 Å². The Bertz CT molecular complexity index is 345.